The third-order valence-electron chi connectivity index (χ3n) is 1.42. The third-order valence-corrected chi connectivity index (χ3v) is 1.42. The van der Waals surface area contributed by atoms with Gasteiger partial charge in [-0.1, -0.05) is 6.92 Å². The number of amides is 2. The number of nitrogens with two attached hydrogens (primary N) is 1. The minimum absolute atomic E-state index is 0.587. The second-order valence-electron chi connectivity index (χ2n) is 2.41. The van der Waals surface area contributed by atoms with Crippen LogP contribution in [0.1, 0.15) is 20.3 Å². The molecule has 0 aromatic carbocycles. The van der Waals surface area contributed by atoms with Crippen LogP contribution in [0.25, 0.3) is 0 Å². The summed E-state index contributed by atoms with van der Waals surface area (Å²) in [5, 5.41) is 8.59. The lowest BCUT2D eigenvalue weighted by atomic mass is 10.0. The molecule has 5 nitrogen and oxygen atoms in total. The number of hydrogen-bond acceptors (Lipinski definition) is 3. The first kappa shape index (κ1) is 9.72. The Kier molecular flexibility index (Phi) is 3.34. The lowest BCUT2D eigenvalue weighted by molar-refractivity contribution is 0.238. The Labute approximate surface area is 65.5 Å². The van der Waals surface area contributed by atoms with E-state index in [1.54, 1.807) is 6.92 Å². The van der Waals surface area contributed by atoms with Crippen LogP contribution in [0.4, 0.5) is 4.79 Å². The number of rotatable bonds is 3. The third kappa shape index (κ3) is 3.43. The van der Waals surface area contributed by atoms with Crippen LogP contribution >= 0.6 is 0 Å². The average molecular weight is 156 g/mol. The fourth-order valence-electron chi connectivity index (χ4n) is 0.395. The summed E-state index contributed by atoms with van der Waals surface area (Å²) in [6, 6.07) is 1.31. The number of hydrazine groups is 1. The van der Waals surface area contributed by atoms with E-state index in [0.29, 0.717) is 6.42 Å². The van der Waals surface area contributed by atoms with Crippen LogP contribution < -0.4 is 16.6 Å². The topological polar surface area (TPSA) is 90.9 Å². The molecular formula is C6H12N4O. The number of hydrogen-bond donors (Lipinski definition) is 3. The van der Waals surface area contributed by atoms with Gasteiger partial charge in [0.15, 0.2) is 0 Å². The predicted molar refractivity (Wildman–Crippen MR) is 40.2 cm³/mol. The first-order chi connectivity index (χ1) is 5.04. The number of carbonyl (C=O) groups excluding carboxylic acids is 1. The minimum atomic E-state index is -0.741. The number of carbonyl (C=O) groups is 1. The SMILES string of the molecule is CCC(C)(C#N)NNC(N)=O. The molecule has 5 heteroatoms. The number of primary amides is 1. The van der Waals surface area contributed by atoms with Crippen molar-refractivity contribution >= 4 is 6.03 Å². The fraction of sp³-hybridized carbons (Fsp3) is 0.667. The van der Waals surface area contributed by atoms with E-state index in [1.807, 2.05) is 13.0 Å². The Balaban J connectivity index is 3.91. The molecule has 0 aromatic rings. The van der Waals surface area contributed by atoms with Gasteiger partial charge in [0.25, 0.3) is 0 Å². The molecule has 1 atom stereocenters. The number of nitriles is 1. The predicted octanol–water partition coefficient (Wildman–Crippen LogP) is -0.148. The first-order valence-corrected chi connectivity index (χ1v) is 3.28. The van der Waals surface area contributed by atoms with Crippen molar-refractivity contribution in [3.05, 3.63) is 0 Å². The Hall–Kier alpha value is -1.28. The molecule has 0 rings (SSSR count). The number of nitrogens with zero attached hydrogens (tertiary/aromatic N) is 1. The monoisotopic (exact) mass is 156 g/mol. The summed E-state index contributed by atoms with van der Waals surface area (Å²) in [5.41, 5.74) is 8.71. The van der Waals surface area contributed by atoms with Crippen LogP contribution in [0.15, 0.2) is 0 Å². The van der Waals surface area contributed by atoms with Gasteiger partial charge in [0.2, 0.25) is 0 Å². The Morgan fingerprint density at radius 3 is 2.64 bits per heavy atom. The molecule has 4 N–H and O–H groups in total. The lowest BCUT2D eigenvalue weighted by Gasteiger charge is -2.20. The maximum Gasteiger partial charge on any atom is 0.326 e. The van der Waals surface area contributed by atoms with Gasteiger partial charge >= 0.3 is 6.03 Å². The second kappa shape index (κ2) is 3.78. The van der Waals surface area contributed by atoms with Crippen LogP contribution in [0.5, 0.6) is 0 Å². The molecule has 0 saturated carbocycles. The Morgan fingerprint density at radius 1 is 1.82 bits per heavy atom. The molecule has 0 fully saturated rings. The molecule has 0 radical (unpaired) electrons. The van der Waals surface area contributed by atoms with Gasteiger partial charge in [0.1, 0.15) is 5.54 Å². The molecule has 0 heterocycles. The highest BCUT2D eigenvalue weighted by atomic mass is 16.2. The standard InChI is InChI=1S/C6H12N4O/c1-3-6(2,4-7)10-9-5(8)11/h10H,3H2,1-2H3,(H3,8,9,11). The van der Waals surface area contributed by atoms with Crippen LogP contribution in [0.2, 0.25) is 0 Å². The highest BCUT2D eigenvalue weighted by molar-refractivity contribution is 5.71. The smallest absolute Gasteiger partial charge is 0.326 e. The number of nitrogens with one attached hydrogen (secondary N) is 2. The fourth-order valence-corrected chi connectivity index (χ4v) is 0.395. The van der Waals surface area contributed by atoms with E-state index in [0.717, 1.165) is 0 Å². The van der Waals surface area contributed by atoms with Gasteiger partial charge in [0.05, 0.1) is 6.07 Å². The van der Waals surface area contributed by atoms with Gasteiger partial charge in [0, 0.05) is 0 Å². The van der Waals surface area contributed by atoms with Gasteiger partial charge in [-0.2, -0.15) is 5.26 Å². The molecule has 0 spiro atoms. The van der Waals surface area contributed by atoms with Gasteiger partial charge in [-0.25, -0.2) is 10.2 Å². The number of urea groups is 1. The quantitative estimate of drug-likeness (QED) is 0.496. The average Bonchev–Trinajstić information content (AvgIpc) is 2.00. The Bertz CT molecular complexity index is 186. The molecule has 0 saturated heterocycles. The van der Waals surface area contributed by atoms with E-state index in [2.05, 4.69) is 10.9 Å². The molecule has 11 heavy (non-hydrogen) atoms. The van der Waals surface area contributed by atoms with Crippen molar-refractivity contribution in [3.8, 4) is 6.07 Å². The molecule has 0 aromatic heterocycles. The van der Waals surface area contributed by atoms with Gasteiger partial charge < -0.3 is 5.73 Å². The summed E-state index contributed by atoms with van der Waals surface area (Å²) in [6.45, 7) is 3.50. The molecule has 0 aliphatic rings. The molecule has 2 amide bonds. The van der Waals surface area contributed by atoms with Crippen molar-refractivity contribution in [3.63, 3.8) is 0 Å². The lowest BCUT2D eigenvalue weighted by Crippen LogP contribution is -2.52. The van der Waals surface area contributed by atoms with Crippen LogP contribution in [-0.4, -0.2) is 11.6 Å². The van der Waals surface area contributed by atoms with Crippen molar-refractivity contribution in [2.45, 2.75) is 25.8 Å². The Morgan fingerprint density at radius 2 is 2.36 bits per heavy atom. The molecule has 0 bridgehead atoms. The molecule has 0 aliphatic carbocycles. The zero-order chi connectivity index (χ0) is 8.91. The van der Waals surface area contributed by atoms with Gasteiger partial charge in [-0.05, 0) is 13.3 Å². The largest absolute Gasteiger partial charge is 0.351 e. The maximum atomic E-state index is 10.2. The van der Waals surface area contributed by atoms with Crippen molar-refractivity contribution in [2.24, 2.45) is 5.73 Å². The normalized spacial score (nSPS) is 14.6. The van der Waals surface area contributed by atoms with Gasteiger partial charge in [-0.3, -0.25) is 5.43 Å². The summed E-state index contributed by atoms with van der Waals surface area (Å²) >= 11 is 0. The van der Waals surface area contributed by atoms with E-state index >= 15 is 0 Å². The maximum absolute atomic E-state index is 10.2. The summed E-state index contributed by atoms with van der Waals surface area (Å²) in [5.74, 6) is 0. The summed E-state index contributed by atoms with van der Waals surface area (Å²) in [7, 11) is 0. The van der Waals surface area contributed by atoms with E-state index in [9.17, 15) is 4.79 Å². The van der Waals surface area contributed by atoms with Crippen LogP contribution in [0.3, 0.4) is 0 Å². The minimum Gasteiger partial charge on any atom is -0.351 e. The van der Waals surface area contributed by atoms with Crippen LogP contribution in [0, 0.1) is 11.3 Å². The molecule has 1 unspecified atom stereocenters. The molecule has 0 aliphatic heterocycles. The highest BCUT2D eigenvalue weighted by Crippen LogP contribution is 2.04. The van der Waals surface area contributed by atoms with Gasteiger partial charge in [-0.15, -0.1) is 0 Å². The highest BCUT2D eigenvalue weighted by Gasteiger charge is 2.20. The van der Waals surface area contributed by atoms with Crippen molar-refractivity contribution in [1.82, 2.24) is 10.9 Å². The zero-order valence-corrected chi connectivity index (χ0v) is 6.64. The summed E-state index contributed by atoms with van der Waals surface area (Å²) < 4.78 is 0. The van der Waals surface area contributed by atoms with E-state index in [-0.39, 0.29) is 0 Å². The van der Waals surface area contributed by atoms with Crippen molar-refractivity contribution < 1.29 is 4.79 Å². The first-order valence-electron chi connectivity index (χ1n) is 3.28. The molecule has 62 valence electrons. The van der Waals surface area contributed by atoms with E-state index in [1.165, 1.54) is 0 Å². The van der Waals surface area contributed by atoms with E-state index in [4.69, 9.17) is 11.0 Å². The van der Waals surface area contributed by atoms with E-state index < -0.39 is 11.6 Å². The summed E-state index contributed by atoms with van der Waals surface area (Å²) in [6.07, 6.45) is 0.587. The van der Waals surface area contributed by atoms with Crippen molar-refractivity contribution in [2.75, 3.05) is 0 Å². The van der Waals surface area contributed by atoms with Crippen molar-refractivity contribution in [1.29, 1.82) is 5.26 Å². The van der Waals surface area contributed by atoms with Crippen LogP contribution in [-0.2, 0) is 0 Å². The zero-order valence-electron chi connectivity index (χ0n) is 6.64. The second-order valence-corrected chi connectivity index (χ2v) is 2.41. The molecular weight excluding hydrogens is 144 g/mol. The summed E-state index contributed by atoms with van der Waals surface area (Å²) in [4.78, 5) is 10.2.